The van der Waals surface area contributed by atoms with Gasteiger partial charge in [-0.25, -0.2) is 4.79 Å². The van der Waals surface area contributed by atoms with Crippen LogP contribution in [-0.4, -0.2) is 23.0 Å². The van der Waals surface area contributed by atoms with Crippen LogP contribution < -0.4 is 0 Å². The molecular weight excluding hydrogens is 238 g/mol. The fraction of sp³-hybridized carbons (Fsp3) is 0.250. The van der Waals surface area contributed by atoms with Gasteiger partial charge in [-0.05, 0) is 24.6 Å². The topological polar surface area (TPSA) is 53.7 Å². The summed E-state index contributed by atoms with van der Waals surface area (Å²) in [5, 5.41) is 10.9. The number of rotatable bonds is 5. The maximum absolute atomic E-state index is 10.9. The van der Waals surface area contributed by atoms with Crippen LogP contribution >= 0.6 is 11.3 Å². The van der Waals surface area contributed by atoms with Crippen molar-refractivity contribution in [1.29, 1.82) is 0 Å². The molecule has 0 atom stereocenters. The number of carbonyl (C=O) groups is 1. The number of hydrogen-bond acceptors (Lipinski definition) is 4. The van der Waals surface area contributed by atoms with E-state index in [4.69, 9.17) is 9.52 Å². The molecule has 0 saturated carbocycles. The van der Waals surface area contributed by atoms with Gasteiger partial charge in [0.05, 0.1) is 6.26 Å². The summed E-state index contributed by atoms with van der Waals surface area (Å²) < 4.78 is 4.94. The minimum Gasteiger partial charge on any atom is -0.475 e. The van der Waals surface area contributed by atoms with Crippen molar-refractivity contribution in [3.8, 4) is 0 Å². The Labute approximate surface area is 103 Å². The Morgan fingerprint density at radius 2 is 2.29 bits per heavy atom. The van der Waals surface area contributed by atoms with Crippen LogP contribution in [0.2, 0.25) is 0 Å². The van der Waals surface area contributed by atoms with Crippen LogP contribution in [0.25, 0.3) is 0 Å². The number of nitrogens with zero attached hydrogens (tertiary/aromatic N) is 1. The highest BCUT2D eigenvalue weighted by molar-refractivity contribution is 7.09. The van der Waals surface area contributed by atoms with Gasteiger partial charge in [0.15, 0.2) is 0 Å². The van der Waals surface area contributed by atoms with Crippen LogP contribution in [0.15, 0.2) is 34.3 Å². The van der Waals surface area contributed by atoms with Gasteiger partial charge in [-0.1, -0.05) is 6.07 Å². The Kier molecular flexibility index (Phi) is 3.61. The maximum atomic E-state index is 10.9. The Morgan fingerprint density at radius 1 is 1.47 bits per heavy atom. The minimum atomic E-state index is -1.02. The maximum Gasteiger partial charge on any atom is 0.372 e. The van der Waals surface area contributed by atoms with Crippen LogP contribution in [0.3, 0.4) is 0 Å². The van der Waals surface area contributed by atoms with E-state index in [1.807, 2.05) is 18.5 Å². The lowest BCUT2D eigenvalue weighted by atomic mass is 10.2. The van der Waals surface area contributed by atoms with Crippen LogP contribution in [0.5, 0.6) is 0 Å². The van der Waals surface area contributed by atoms with Crippen molar-refractivity contribution in [3.63, 3.8) is 0 Å². The molecule has 0 saturated heterocycles. The molecule has 0 aliphatic rings. The second-order valence-electron chi connectivity index (χ2n) is 3.83. The summed E-state index contributed by atoms with van der Waals surface area (Å²) >= 11 is 1.69. The summed E-state index contributed by atoms with van der Waals surface area (Å²) in [7, 11) is 1.96. The molecule has 90 valence electrons. The molecule has 0 aliphatic heterocycles. The summed E-state index contributed by atoms with van der Waals surface area (Å²) in [6.45, 7) is 1.37. The molecule has 0 spiro atoms. The third-order valence-corrected chi connectivity index (χ3v) is 3.25. The van der Waals surface area contributed by atoms with Gasteiger partial charge in [-0.3, -0.25) is 4.90 Å². The van der Waals surface area contributed by atoms with Crippen molar-refractivity contribution in [2.45, 2.75) is 13.1 Å². The average Bonchev–Trinajstić information content (AvgIpc) is 2.88. The number of furan rings is 1. The highest BCUT2D eigenvalue weighted by Crippen LogP contribution is 2.16. The standard InChI is InChI=1S/C12H13NO3S/c1-13(8-10-3-2-6-17-10)7-9-4-5-16-11(9)12(14)15/h2-6H,7-8H2,1H3,(H,14,15). The number of aromatic carboxylic acids is 1. The first-order valence-electron chi connectivity index (χ1n) is 5.17. The lowest BCUT2D eigenvalue weighted by molar-refractivity contribution is 0.0659. The van der Waals surface area contributed by atoms with Gasteiger partial charge in [0.2, 0.25) is 5.76 Å². The van der Waals surface area contributed by atoms with Gasteiger partial charge in [0.25, 0.3) is 0 Å². The molecule has 2 aromatic heterocycles. The second-order valence-corrected chi connectivity index (χ2v) is 4.86. The van der Waals surface area contributed by atoms with E-state index in [1.54, 1.807) is 17.4 Å². The normalized spacial score (nSPS) is 10.9. The van der Waals surface area contributed by atoms with E-state index < -0.39 is 5.97 Å². The van der Waals surface area contributed by atoms with E-state index >= 15 is 0 Å². The molecule has 0 radical (unpaired) electrons. The van der Waals surface area contributed by atoms with Gasteiger partial charge in [-0.15, -0.1) is 11.3 Å². The fourth-order valence-corrected chi connectivity index (χ4v) is 2.45. The van der Waals surface area contributed by atoms with Crippen molar-refractivity contribution in [2.24, 2.45) is 0 Å². The molecule has 2 aromatic rings. The molecule has 0 aromatic carbocycles. The van der Waals surface area contributed by atoms with Gasteiger partial charge in [0, 0.05) is 23.5 Å². The van der Waals surface area contributed by atoms with Crippen molar-refractivity contribution in [1.82, 2.24) is 4.90 Å². The Hall–Kier alpha value is -1.59. The van der Waals surface area contributed by atoms with Gasteiger partial charge < -0.3 is 9.52 Å². The molecule has 2 rings (SSSR count). The molecule has 0 unspecified atom stereocenters. The SMILES string of the molecule is CN(Cc1cccs1)Cc1ccoc1C(=O)O. The van der Waals surface area contributed by atoms with E-state index in [2.05, 4.69) is 11.0 Å². The second kappa shape index (κ2) is 5.16. The van der Waals surface area contributed by atoms with Crippen molar-refractivity contribution < 1.29 is 14.3 Å². The Bertz CT molecular complexity index is 490. The summed E-state index contributed by atoms with van der Waals surface area (Å²) in [5.41, 5.74) is 0.705. The zero-order chi connectivity index (χ0) is 12.3. The first-order chi connectivity index (χ1) is 8.16. The third-order valence-electron chi connectivity index (χ3n) is 2.39. The number of carboxylic acid groups (broad SMARTS) is 1. The molecule has 5 heteroatoms. The van der Waals surface area contributed by atoms with Gasteiger partial charge in [0.1, 0.15) is 0 Å². The molecule has 1 N–H and O–H groups in total. The number of carboxylic acids is 1. The van der Waals surface area contributed by atoms with E-state index in [0.29, 0.717) is 12.1 Å². The molecule has 2 heterocycles. The monoisotopic (exact) mass is 251 g/mol. The molecule has 17 heavy (non-hydrogen) atoms. The fourth-order valence-electron chi connectivity index (χ4n) is 1.66. The zero-order valence-corrected chi connectivity index (χ0v) is 10.2. The van der Waals surface area contributed by atoms with Gasteiger partial charge >= 0.3 is 5.97 Å². The Balaban J connectivity index is 2.00. The highest BCUT2D eigenvalue weighted by atomic mass is 32.1. The molecule has 0 bridgehead atoms. The highest BCUT2D eigenvalue weighted by Gasteiger charge is 2.15. The average molecular weight is 251 g/mol. The third kappa shape index (κ3) is 2.95. The lowest BCUT2D eigenvalue weighted by Gasteiger charge is -2.14. The predicted molar refractivity (Wildman–Crippen MR) is 65.2 cm³/mol. The van der Waals surface area contributed by atoms with Crippen LogP contribution in [0.4, 0.5) is 0 Å². The van der Waals surface area contributed by atoms with E-state index in [1.165, 1.54) is 11.1 Å². The summed E-state index contributed by atoms with van der Waals surface area (Å²) in [4.78, 5) is 14.2. The van der Waals surface area contributed by atoms with Crippen molar-refractivity contribution in [2.75, 3.05) is 7.05 Å². The molecular formula is C12H13NO3S. The largest absolute Gasteiger partial charge is 0.475 e. The van der Waals surface area contributed by atoms with Crippen LogP contribution in [0.1, 0.15) is 21.0 Å². The smallest absolute Gasteiger partial charge is 0.372 e. The van der Waals surface area contributed by atoms with E-state index in [-0.39, 0.29) is 5.76 Å². The minimum absolute atomic E-state index is 0.0306. The molecule has 4 nitrogen and oxygen atoms in total. The molecule has 0 amide bonds. The van der Waals surface area contributed by atoms with E-state index in [0.717, 1.165) is 6.54 Å². The van der Waals surface area contributed by atoms with E-state index in [9.17, 15) is 4.79 Å². The number of thiophene rings is 1. The first kappa shape index (κ1) is 11.9. The van der Waals surface area contributed by atoms with Crippen LogP contribution in [0, 0.1) is 0 Å². The van der Waals surface area contributed by atoms with Crippen molar-refractivity contribution in [3.05, 3.63) is 46.0 Å². The molecule has 0 fully saturated rings. The quantitative estimate of drug-likeness (QED) is 0.887. The summed E-state index contributed by atoms with van der Waals surface area (Å²) in [6.07, 6.45) is 1.41. The van der Waals surface area contributed by atoms with Crippen LogP contribution in [-0.2, 0) is 13.1 Å². The summed E-state index contributed by atoms with van der Waals surface area (Å²) in [5.74, 6) is -0.988. The number of hydrogen-bond donors (Lipinski definition) is 1. The predicted octanol–water partition coefficient (Wildman–Crippen LogP) is 2.67. The zero-order valence-electron chi connectivity index (χ0n) is 9.42. The Morgan fingerprint density at radius 3 is 2.94 bits per heavy atom. The lowest BCUT2D eigenvalue weighted by Crippen LogP contribution is -2.17. The van der Waals surface area contributed by atoms with Crippen molar-refractivity contribution >= 4 is 17.3 Å². The first-order valence-corrected chi connectivity index (χ1v) is 6.05. The van der Waals surface area contributed by atoms with Gasteiger partial charge in [-0.2, -0.15) is 0 Å². The summed E-state index contributed by atoms with van der Waals surface area (Å²) in [6, 6.07) is 5.78. The molecule has 0 aliphatic carbocycles.